The van der Waals surface area contributed by atoms with E-state index in [0.29, 0.717) is 23.8 Å². The zero-order valence-electron chi connectivity index (χ0n) is 14.2. The fourth-order valence-corrected chi connectivity index (χ4v) is 2.35. The molecule has 0 aliphatic carbocycles. The average molecular weight is 333 g/mol. The maximum Gasteiger partial charge on any atom is 0.159 e. The average Bonchev–Trinajstić information content (AvgIpc) is 2.61. The van der Waals surface area contributed by atoms with Crippen LogP contribution in [0.1, 0.15) is 28.7 Å². The van der Waals surface area contributed by atoms with E-state index in [-0.39, 0.29) is 5.78 Å². The quantitative estimate of drug-likeness (QED) is 0.669. The fraction of sp³-hybridized carbons (Fsp3) is 0.158. The van der Waals surface area contributed by atoms with Gasteiger partial charge in [0.25, 0.3) is 0 Å². The first kappa shape index (κ1) is 16.6. The van der Waals surface area contributed by atoms with Gasteiger partial charge >= 0.3 is 0 Å². The summed E-state index contributed by atoms with van der Waals surface area (Å²) in [5, 5.41) is 6.53. The summed E-state index contributed by atoms with van der Waals surface area (Å²) in [5.74, 6) is 2.15. The van der Waals surface area contributed by atoms with Gasteiger partial charge in [0.2, 0.25) is 0 Å². The molecule has 126 valence electrons. The first-order chi connectivity index (χ1) is 12.1. The second kappa shape index (κ2) is 7.53. The Bertz CT molecular complexity index is 863. The summed E-state index contributed by atoms with van der Waals surface area (Å²) in [6.45, 7) is 4.06. The van der Waals surface area contributed by atoms with Gasteiger partial charge in [0.15, 0.2) is 5.78 Å². The van der Waals surface area contributed by atoms with Crippen molar-refractivity contribution in [3.05, 3.63) is 71.8 Å². The monoisotopic (exact) mass is 333 g/mol. The Hall–Kier alpha value is -3.28. The van der Waals surface area contributed by atoms with Crippen LogP contribution in [0.25, 0.3) is 0 Å². The van der Waals surface area contributed by atoms with Crippen LogP contribution >= 0.6 is 0 Å². The van der Waals surface area contributed by atoms with Crippen LogP contribution in [0.15, 0.2) is 54.9 Å². The van der Waals surface area contributed by atoms with Gasteiger partial charge in [-0.15, -0.1) is 0 Å². The lowest BCUT2D eigenvalue weighted by atomic mass is 10.1. The molecule has 0 fully saturated rings. The lowest BCUT2D eigenvalue weighted by Gasteiger charge is -2.10. The molecule has 0 atom stereocenters. The van der Waals surface area contributed by atoms with Crippen molar-refractivity contribution in [3.8, 4) is 0 Å². The fourth-order valence-electron chi connectivity index (χ4n) is 2.35. The number of nitrogens with zero attached hydrogens (tertiary/aromatic N) is 3. The summed E-state index contributed by atoms with van der Waals surface area (Å²) in [6.07, 6.45) is 3.53. The van der Waals surface area contributed by atoms with Crippen molar-refractivity contribution in [1.82, 2.24) is 15.0 Å². The highest BCUT2D eigenvalue weighted by Crippen LogP contribution is 2.18. The van der Waals surface area contributed by atoms with E-state index in [9.17, 15) is 4.79 Å². The third-order valence-corrected chi connectivity index (χ3v) is 3.62. The van der Waals surface area contributed by atoms with Gasteiger partial charge in [-0.05, 0) is 55.8 Å². The highest BCUT2D eigenvalue weighted by Gasteiger charge is 2.04. The summed E-state index contributed by atoms with van der Waals surface area (Å²) in [7, 11) is 0. The maximum absolute atomic E-state index is 11.3. The molecule has 0 aliphatic heterocycles. The molecular formula is C19H19N5O. The summed E-state index contributed by atoms with van der Waals surface area (Å²) in [6, 6.07) is 13.1. The van der Waals surface area contributed by atoms with Gasteiger partial charge < -0.3 is 10.6 Å². The van der Waals surface area contributed by atoms with Crippen LogP contribution in [0.5, 0.6) is 0 Å². The molecule has 0 radical (unpaired) electrons. The largest absolute Gasteiger partial charge is 0.366 e. The number of carbonyl (C=O) groups is 1. The minimum Gasteiger partial charge on any atom is -0.366 e. The molecule has 0 aliphatic rings. The van der Waals surface area contributed by atoms with Gasteiger partial charge in [0, 0.05) is 36.3 Å². The SMILES string of the molecule is CC(=O)c1ccc(Nc2cc(NCc3ccncc3)nc(C)n2)cc1. The third-order valence-electron chi connectivity index (χ3n) is 3.62. The van der Waals surface area contributed by atoms with E-state index in [1.165, 1.54) is 0 Å². The van der Waals surface area contributed by atoms with Gasteiger partial charge in [-0.2, -0.15) is 0 Å². The molecule has 0 amide bonds. The first-order valence-corrected chi connectivity index (χ1v) is 7.96. The zero-order valence-corrected chi connectivity index (χ0v) is 14.2. The maximum atomic E-state index is 11.3. The lowest BCUT2D eigenvalue weighted by Crippen LogP contribution is -2.05. The molecule has 3 rings (SSSR count). The van der Waals surface area contributed by atoms with Crippen molar-refractivity contribution in [3.63, 3.8) is 0 Å². The van der Waals surface area contributed by atoms with Crippen molar-refractivity contribution in [2.75, 3.05) is 10.6 Å². The number of anilines is 3. The minimum absolute atomic E-state index is 0.0482. The van der Waals surface area contributed by atoms with E-state index in [1.807, 2.05) is 37.3 Å². The molecule has 0 saturated heterocycles. The number of hydrogen-bond donors (Lipinski definition) is 2. The highest BCUT2D eigenvalue weighted by molar-refractivity contribution is 5.94. The third kappa shape index (κ3) is 4.60. The number of rotatable bonds is 6. The van der Waals surface area contributed by atoms with Gasteiger partial charge in [-0.25, -0.2) is 9.97 Å². The predicted octanol–water partition coefficient (Wildman–Crippen LogP) is 3.74. The summed E-state index contributed by atoms with van der Waals surface area (Å²) >= 11 is 0. The molecule has 0 unspecified atom stereocenters. The number of aryl methyl sites for hydroxylation is 1. The van der Waals surface area contributed by atoms with Crippen molar-refractivity contribution in [2.45, 2.75) is 20.4 Å². The second-order valence-electron chi connectivity index (χ2n) is 5.65. The molecule has 0 saturated carbocycles. The van der Waals surface area contributed by atoms with Gasteiger partial charge in [-0.3, -0.25) is 9.78 Å². The number of benzene rings is 1. The zero-order chi connectivity index (χ0) is 17.6. The number of pyridine rings is 1. The molecule has 0 bridgehead atoms. The number of carbonyl (C=O) groups excluding carboxylic acids is 1. The Morgan fingerprint density at radius 2 is 1.68 bits per heavy atom. The van der Waals surface area contributed by atoms with Crippen molar-refractivity contribution < 1.29 is 4.79 Å². The topological polar surface area (TPSA) is 79.8 Å². The Balaban J connectivity index is 1.71. The minimum atomic E-state index is 0.0482. The lowest BCUT2D eigenvalue weighted by molar-refractivity contribution is 0.101. The van der Waals surface area contributed by atoms with Crippen LogP contribution in [0.3, 0.4) is 0 Å². The van der Waals surface area contributed by atoms with E-state index in [2.05, 4.69) is 25.6 Å². The van der Waals surface area contributed by atoms with Gasteiger partial charge in [0.1, 0.15) is 17.5 Å². The number of hydrogen-bond acceptors (Lipinski definition) is 6. The van der Waals surface area contributed by atoms with Crippen molar-refractivity contribution >= 4 is 23.1 Å². The Morgan fingerprint density at radius 1 is 1.00 bits per heavy atom. The molecule has 6 heteroatoms. The van der Waals surface area contributed by atoms with Gasteiger partial charge in [-0.1, -0.05) is 0 Å². The molecule has 6 nitrogen and oxygen atoms in total. The second-order valence-corrected chi connectivity index (χ2v) is 5.65. The molecular weight excluding hydrogens is 314 g/mol. The van der Waals surface area contributed by atoms with Crippen LogP contribution in [-0.2, 0) is 6.54 Å². The molecule has 2 N–H and O–H groups in total. The predicted molar refractivity (Wildman–Crippen MR) is 98.1 cm³/mol. The molecule has 25 heavy (non-hydrogen) atoms. The molecule has 2 aromatic heterocycles. The van der Waals surface area contributed by atoms with Crippen LogP contribution < -0.4 is 10.6 Å². The van der Waals surface area contributed by atoms with Gasteiger partial charge in [0.05, 0.1) is 0 Å². The molecule has 0 spiro atoms. The summed E-state index contributed by atoms with van der Waals surface area (Å²) in [5.41, 5.74) is 2.67. The molecule has 1 aromatic carbocycles. The summed E-state index contributed by atoms with van der Waals surface area (Å²) < 4.78 is 0. The number of Topliss-reactive ketones (excluding diaryl/α,β-unsaturated/α-hetero) is 1. The van der Waals surface area contributed by atoms with E-state index in [4.69, 9.17) is 0 Å². The van der Waals surface area contributed by atoms with Crippen LogP contribution in [0.4, 0.5) is 17.3 Å². The smallest absolute Gasteiger partial charge is 0.159 e. The van der Waals surface area contributed by atoms with E-state index in [1.54, 1.807) is 31.5 Å². The first-order valence-electron chi connectivity index (χ1n) is 7.96. The van der Waals surface area contributed by atoms with Crippen molar-refractivity contribution in [1.29, 1.82) is 0 Å². The van der Waals surface area contributed by atoms with E-state index >= 15 is 0 Å². The van der Waals surface area contributed by atoms with E-state index in [0.717, 1.165) is 17.1 Å². The van der Waals surface area contributed by atoms with Crippen LogP contribution in [0, 0.1) is 6.92 Å². The van der Waals surface area contributed by atoms with Crippen molar-refractivity contribution in [2.24, 2.45) is 0 Å². The standard InChI is InChI=1S/C19H19N5O/c1-13(25)16-3-5-17(6-4-16)24-19-11-18(22-14(2)23-19)21-12-15-7-9-20-10-8-15/h3-11H,12H2,1-2H3,(H2,21,22,23,24). The number of aromatic nitrogens is 3. The number of nitrogens with one attached hydrogen (secondary N) is 2. The van der Waals surface area contributed by atoms with Crippen LogP contribution in [-0.4, -0.2) is 20.7 Å². The Morgan fingerprint density at radius 3 is 2.36 bits per heavy atom. The van der Waals surface area contributed by atoms with E-state index < -0.39 is 0 Å². The molecule has 3 aromatic rings. The molecule has 2 heterocycles. The number of ketones is 1. The highest BCUT2D eigenvalue weighted by atomic mass is 16.1. The Kier molecular flexibility index (Phi) is 4.99. The van der Waals surface area contributed by atoms with Crippen LogP contribution in [0.2, 0.25) is 0 Å². The Labute approximate surface area is 146 Å². The normalized spacial score (nSPS) is 10.3. The summed E-state index contributed by atoms with van der Waals surface area (Å²) in [4.78, 5) is 24.2.